The van der Waals surface area contributed by atoms with Gasteiger partial charge in [0.2, 0.25) is 0 Å². The summed E-state index contributed by atoms with van der Waals surface area (Å²) in [6.45, 7) is 4.73. The molecule has 0 N–H and O–H groups in total. The second-order valence-electron chi connectivity index (χ2n) is 3.95. The average molecular weight is 251 g/mol. The van der Waals surface area contributed by atoms with Gasteiger partial charge in [0.25, 0.3) is 5.91 Å². The second kappa shape index (κ2) is 4.55. The number of amides is 1. The number of thiocarbonyl (C=S) groups is 1. The van der Waals surface area contributed by atoms with Crippen LogP contribution in [0.4, 0.5) is 0 Å². The van der Waals surface area contributed by atoms with E-state index in [9.17, 15) is 4.79 Å². The van der Waals surface area contributed by atoms with Crippen LogP contribution in [-0.2, 0) is 0 Å². The van der Waals surface area contributed by atoms with Crippen LogP contribution >= 0.6 is 24.0 Å². The van der Waals surface area contributed by atoms with E-state index in [4.69, 9.17) is 12.2 Å². The minimum Gasteiger partial charge on any atom is -0.293 e. The van der Waals surface area contributed by atoms with E-state index in [2.05, 4.69) is 6.07 Å². The molecule has 1 saturated heterocycles. The molecule has 4 heteroatoms. The molecular weight excluding hydrogens is 238 g/mol. The van der Waals surface area contributed by atoms with E-state index in [1.165, 1.54) is 0 Å². The molecule has 0 saturated carbocycles. The number of hydrogen-bond acceptors (Lipinski definition) is 3. The van der Waals surface area contributed by atoms with E-state index in [-0.39, 0.29) is 5.91 Å². The number of nitrogens with zero attached hydrogens (tertiary/aromatic N) is 1. The number of carbonyl (C=O) groups is 1. The van der Waals surface area contributed by atoms with Crippen molar-refractivity contribution < 1.29 is 4.79 Å². The maximum atomic E-state index is 12.2. The minimum atomic E-state index is 0.0294. The predicted octanol–water partition coefficient (Wildman–Crippen LogP) is 2.78. The SMILES string of the molecule is Cc1cc(C)cc(C(=O)N2CCSC2=S)c1. The molecule has 1 aliphatic rings. The Morgan fingerprint density at radius 1 is 1.31 bits per heavy atom. The largest absolute Gasteiger partial charge is 0.293 e. The summed E-state index contributed by atoms with van der Waals surface area (Å²) in [5.74, 6) is 0.942. The Kier molecular flexibility index (Phi) is 3.30. The van der Waals surface area contributed by atoms with Gasteiger partial charge < -0.3 is 0 Å². The van der Waals surface area contributed by atoms with Crippen molar-refractivity contribution in [3.8, 4) is 0 Å². The van der Waals surface area contributed by atoms with Crippen LogP contribution in [0.1, 0.15) is 21.5 Å². The molecule has 84 valence electrons. The first-order valence-corrected chi connectivity index (χ1v) is 6.54. The maximum absolute atomic E-state index is 12.2. The summed E-state index contributed by atoms with van der Waals surface area (Å²) in [4.78, 5) is 13.9. The van der Waals surface area contributed by atoms with E-state index in [1.54, 1.807) is 16.7 Å². The van der Waals surface area contributed by atoms with Gasteiger partial charge in [-0.2, -0.15) is 0 Å². The highest BCUT2D eigenvalue weighted by atomic mass is 32.2. The first-order chi connectivity index (χ1) is 7.58. The molecule has 2 rings (SSSR count). The van der Waals surface area contributed by atoms with Gasteiger partial charge in [-0.3, -0.25) is 9.69 Å². The second-order valence-corrected chi connectivity index (χ2v) is 5.68. The zero-order chi connectivity index (χ0) is 11.7. The molecule has 1 aromatic rings. The van der Waals surface area contributed by atoms with E-state index in [1.807, 2.05) is 26.0 Å². The summed E-state index contributed by atoms with van der Waals surface area (Å²) in [6.07, 6.45) is 0. The number of aryl methyl sites for hydroxylation is 2. The smallest absolute Gasteiger partial charge is 0.259 e. The molecule has 0 radical (unpaired) electrons. The number of rotatable bonds is 1. The van der Waals surface area contributed by atoms with Crippen LogP contribution < -0.4 is 0 Å². The molecule has 1 amide bonds. The zero-order valence-electron chi connectivity index (χ0n) is 9.32. The highest BCUT2D eigenvalue weighted by Gasteiger charge is 2.25. The zero-order valence-corrected chi connectivity index (χ0v) is 11.0. The van der Waals surface area contributed by atoms with Gasteiger partial charge in [-0.15, -0.1) is 0 Å². The fourth-order valence-corrected chi connectivity index (χ4v) is 3.03. The minimum absolute atomic E-state index is 0.0294. The van der Waals surface area contributed by atoms with Gasteiger partial charge in [0, 0.05) is 17.9 Å². The topological polar surface area (TPSA) is 20.3 Å². The van der Waals surface area contributed by atoms with Crippen molar-refractivity contribution in [3.05, 3.63) is 34.9 Å². The lowest BCUT2D eigenvalue weighted by molar-refractivity contribution is 0.0861. The molecule has 0 aromatic heterocycles. The van der Waals surface area contributed by atoms with Crippen molar-refractivity contribution in [2.24, 2.45) is 0 Å². The van der Waals surface area contributed by atoms with E-state index >= 15 is 0 Å². The van der Waals surface area contributed by atoms with Crippen molar-refractivity contribution in [1.82, 2.24) is 4.90 Å². The van der Waals surface area contributed by atoms with Crippen molar-refractivity contribution in [2.45, 2.75) is 13.8 Å². The normalized spacial score (nSPS) is 15.6. The monoisotopic (exact) mass is 251 g/mol. The van der Waals surface area contributed by atoms with Gasteiger partial charge >= 0.3 is 0 Å². The van der Waals surface area contributed by atoms with Crippen molar-refractivity contribution in [3.63, 3.8) is 0 Å². The Morgan fingerprint density at radius 2 is 1.94 bits per heavy atom. The lowest BCUT2D eigenvalue weighted by Gasteiger charge is -2.15. The van der Waals surface area contributed by atoms with Crippen LogP contribution in [0.25, 0.3) is 0 Å². The molecule has 1 aliphatic heterocycles. The third-order valence-corrected chi connectivity index (χ3v) is 3.90. The Bertz CT molecular complexity index is 436. The Labute approximate surface area is 105 Å². The Balaban J connectivity index is 2.30. The van der Waals surface area contributed by atoms with E-state index in [0.717, 1.165) is 29.0 Å². The van der Waals surface area contributed by atoms with Gasteiger partial charge in [-0.05, 0) is 26.0 Å². The molecule has 0 aliphatic carbocycles. The predicted molar refractivity (Wildman–Crippen MR) is 72.0 cm³/mol. The number of benzene rings is 1. The summed E-state index contributed by atoms with van der Waals surface area (Å²) >= 11 is 6.72. The highest BCUT2D eigenvalue weighted by molar-refractivity contribution is 8.23. The molecule has 1 fully saturated rings. The molecule has 2 nitrogen and oxygen atoms in total. The average Bonchev–Trinajstić information content (AvgIpc) is 2.62. The fraction of sp³-hybridized carbons (Fsp3) is 0.333. The number of carbonyl (C=O) groups excluding carboxylic acids is 1. The molecule has 0 unspecified atom stereocenters. The maximum Gasteiger partial charge on any atom is 0.259 e. The summed E-state index contributed by atoms with van der Waals surface area (Å²) in [7, 11) is 0. The third-order valence-electron chi connectivity index (χ3n) is 2.47. The van der Waals surface area contributed by atoms with Gasteiger partial charge in [0.05, 0.1) is 0 Å². The third kappa shape index (κ3) is 2.28. The van der Waals surface area contributed by atoms with Crippen LogP contribution in [0.3, 0.4) is 0 Å². The molecule has 1 aromatic carbocycles. The van der Waals surface area contributed by atoms with Gasteiger partial charge in [-0.1, -0.05) is 41.2 Å². The molecule has 16 heavy (non-hydrogen) atoms. The van der Waals surface area contributed by atoms with Gasteiger partial charge in [-0.25, -0.2) is 0 Å². The van der Waals surface area contributed by atoms with Crippen molar-refractivity contribution in [1.29, 1.82) is 0 Å². The summed E-state index contributed by atoms with van der Waals surface area (Å²) < 4.78 is 0.698. The Morgan fingerprint density at radius 3 is 2.44 bits per heavy atom. The van der Waals surface area contributed by atoms with Crippen LogP contribution in [0.2, 0.25) is 0 Å². The first-order valence-electron chi connectivity index (χ1n) is 5.15. The molecule has 0 bridgehead atoms. The Hall–Kier alpha value is -0.870. The van der Waals surface area contributed by atoms with E-state index in [0.29, 0.717) is 4.32 Å². The quantitative estimate of drug-likeness (QED) is 0.716. The van der Waals surface area contributed by atoms with Crippen LogP contribution in [0.5, 0.6) is 0 Å². The number of thioether (sulfide) groups is 1. The molecule has 1 heterocycles. The first kappa shape index (κ1) is 11.6. The van der Waals surface area contributed by atoms with Crippen molar-refractivity contribution >= 4 is 34.2 Å². The highest BCUT2D eigenvalue weighted by Crippen LogP contribution is 2.21. The van der Waals surface area contributed by atoms with Gasteiger partial charge in [0.1, 0.15) is 4.32 Å². The molecule has 0 spiro atoms. The lowest BCUT2D eigenvalue weighted by atomic mass is 10.1. The summed E-state index contributed by atoms with van der Waals surface area (Å²) in [5.41, 5.74) is 2.96. The summed E-state index contributed by atoms with van der Waals surface area (Å²) in [6, 6.07) is 5.90. The van der Waals surface area contributed by atoms with Crippen LogP contribution in [-0.4, -0.2) is 27.4 Å². The fourth-order valence-electron chi connectivity index (χ4n) is 1.83. The summed E-state index contributed by atoms with van der Waals surface area (Å²) in [5, 5.41) is 0. The number of hydrogen-bond donors (Lipinski definition) is 0. The lowest BCUT2D eigenvalue weighted by Crippen LogP contribution is -2.30. The van der Waals surface area contributed by atoms with Crippen molar-refractivity contribution in [2.75, 3.05) is 12.3 Å². The molecule has 0 atom stereocenters. The van der Waals surface area contributed by atoms with Crippen LogP contribution in [0.15, 0.2) is 18.2 Å². The van der Waals surface area contributed by atoms with Gasteiger partial charge in [0.15, 0.2) is 0 Å². The molecular formula is C12H13NOS2. The van der Waals surface area contributed by atoms with E-state index < -0.39 is 0 Å². The standard InChI is InChI=1S/C12H13NOS2/c1-8-5-9(2)7-10(6-8)11(14)13-3-4-16-12(13)15/h5-7H,3-4H2,1-2H3. The van der Waals surface area contributed by atoms with Crippen LogP contribution in [0, 0.1) is 13.8 Å².